The molecule has 3 heterocycles. The SMILES string of the molecule is CCNC(CCc1nccn1C)c1cc2sccc2s1. The Hall–Kier alpha value is -1.17. The van der Waals surface area contributed by atoms with Crippen LogP contribution in [0.5, 0.6) is 0 Å². The standard InChI is InChI=1S/C15H19N3S2/c1-3-16-11(4-5-15-17-7-8-18(15)2)13-10-14-12(20-13)6-9-19-14/h6-11,16H,3-5H2,1-2H3. The summed E-state index contributed by atoms with van der Waals surface area (Å²) in [6, 6.07) is 4.99. The first-order chi connectivity index (χ1) is 9.78. The normalized spacial score (nSPS) is 13.1. The first-order valence-electron chi connectivity index (χ1n) is 6.94. The van der Waals surface area contributed by atoms with Crippen molar-refractivity contribution >= 4 is 32.1 Å². The molecule has 0 amide bonds. The van der Waals surface area contributed by atoms with Gasteiger partial charge in [-0.15, -0.1) is 22.7 Å². The van der Waals surface area contributed by atoms with Crippen molar-refractivity contribution < 1.29 is 0 Å². The van der Waals surface area contributed by atoms with E-state index >= 15 is 0 Å². The molecule has 0 spiro atoms. The molecule has 20 heavy (non-hydrogen) atoms. The van der Waals surface area contributed by atoms with Gasteiger partial charge in [-0.25, -0.2) is 4.98 Å². The average Bonchev–Trinajstić information content (AvgIpc) is 3.10. The minimum Gasteiger partial charge on any atom is -0.338 e. The number of nitrogens with one attached hydrogen (secondary N) is 1. The molecule has 1 N–H and O–H groups in total. The van der Waals surface area contributed by atoms with E-state index in [1.165, 1.54) is 14.3 Å². The molecule has 0 aliphatic heterocycles. The van der Waals surface area contributed by atoms with E-state index in [9.17, 15) is 0 Å². The van der Waals surface area contributed by atoms with E-state index in [2.05, 4.69) is 46.4 Å². The van der Waals surface area contributed by atoms with Crippen LogP contribution in [-0.2, 0) is 13.5 Å². The Balaban J connectivity index is 1.75. The van der Waals surface area contributed by atoms with E-state index in [1.54, 1.807) is 0 Å². The second kappa shape index (κ2) is 6.08. The third kappa shape index (κ3) is 2.80. The molecule has 0 fully saturated rings. The van der Waals surface area contributed by atoms with Gasteiger partial charge in [0.05, 0.1) is 0 Å². The van der Waals surface area contributed by atoms with Crippen LogP contribution in [0.3, 0.4) is 0 Å². The zero-order valence-electron chi connectivity index (χ0n) is 11.8. The summed E-state index contributed by atoms with van der Waals surface area (Å²) in [5, 5.41) is 5.78. The van der Waals surface area contributed by atoms with E-state index in [4.69, 9.17) is 0 Å². The molecule has 3 rings (SSSR count). The van der Waals surface area contributed by atoms with Crippen LogP contribution >= 0.6 is 22.7 Å². The summed E-state index contributed by atoms with van der Waals surface area (Å²) < 4.78 is 4.92. The number of rotatable bonds is 6. The topological polar surface area (TPSA) is 29.9 Å². The summed E-state index contributed by atoms with van der Waals surface area (Å²) in [6.45, 7) is 3.17. The first-order valence-corrected chi connectivity index (χ1v) is 8.64. The van der Waals surface area contributed by atoms with Crippen LogP contribution in [0.1, 0.15) is 30.1 Å². The molecular formula is C15H19N3S2. The maximum absolute atomic E-state index is 4.41. The molecule has 1 atom stereocenters. The van der Waals surface area contributed by atoms with E-state index < -0.39 is 0 Å². The van der Waals surface area contributed by atoms with Crippen LogP contribution in [0.15, 0.2) is 29.9 Å². The number of aromatic nitrogens is 2. The summed E-state index contributed by atoms with van der Waals surface area (Å²) in [5.74, 6) is 1.16. The lowest BCUT2D eigenvalue weighted by molar-refractivity contribution is 0.513. The van der Waals surface area contributed by atoms with Crippen molar-refractivity contribution in [1.29, 1.82) is 0 Å². The van der Waals surface area contributed by atoms with E-state index in [1.807, 2.05) is 35.1 Å². The van der Waals surface area contributed by atoms with Gasteiger partial charge in [-0.05, 0) is 30.5 Å². The second-order valence-electron chi connectivity index (χ2n) is 4.90. The van der Waals surface area contributed by atoms with Gasteiger partial charge in [0.15, 0.2) is 0 Å². The summed E-state index contributed by atoms with van der Waals surface area (Å²) in [5.41, 5.74) is 0. The molecule has 106 valence electrons. The van der Waals surface area contributed by atoms with Crippen molar-refractivity contribution in [3.63, 3.8) is 0 Å². The quantitative estimate of drug-likeness (QED) is 0.746. The smallest absolute Gasteiger partial charge is 0.108 e. The molecule has 0 saturated heterocycles. The molecule has 0 bridgehead atoms. The van der Waals surface area contributed by atoms with Gasteiger partial charge in [0.2, 0.25) is 0 Å². The zero-order valence-corrected chi connectivity index (χ0v) is 13.4. The highest BCUT2D eigenvalue weighted by molar-refractivity contribution is 7.26. The zero-order chi connectivity index (χ0) is 13.9. The fraction of sp³-hybridized carbons (Fsp3) is 0.400. The maximum Gasteiger partial charge on any atom is 0.108 e. The Morgan fingerprint density at radius 3 is 3.00 bits per heavy atom. The second-order valence-corrected chi connectivity index (χ2v) is 6.96. The monoisotopic (exact) mass is 305 g/mol. The molecule has 0 aliphatic carbocycles. The molecular weight excluding hydrogens is 286 g/mol. The molecule has 0 radical (unpaired) electrons. The summed E-state index contributed by atoms with van der Waals surface area (Å²) in [7, 11) is 2.06. The molecule has 0 saturated carbocycles. The third-order valence-electron chi connectivity index (χ3n) is 3.53. The highest BCUT2D eigenvalue weighted by Gasteiger charge is 2.15. The lowest BCUT2D eigenvalue weighted by Crippen LogP contribution is -2.21. The Morgan fingerprint density at radius 1 is 1.40 bits per heavy atom. The van der Waals surface area contributed by atoms with Crippen LogP contribution < -0.4 is 5.32 Å². The van der Waals surface area contributed by atoms with Crippen molar-refractivity contribution in [3.8, 4) is 0 Å². The minimum absolute atomic E-state index is 0.432. The molecule has 3 nitrogen and oxygen atoms in total. The fourth-order valence-electron chi connectivity index (χ4n) is 2.46. The van der Waals surface area contributed by atoms with Crippen LogP contribution in [0.25, 0.3) is 9.40 Å². The van der Waals surface area contributed by atoms with Crippen molar-refractivity contribution in [2.45, 2.75) is 25.8 Å². The Morgan fingerprint density at radius 2 is 2.30 bits per heavy atom. The van der Waals surface area contributed by atoms with Gasteiger partial charge in [0, 0.05) is 46.2 Å². The van der Waals surface area contributed by atoms with Gasteiger partial charge >= 0.3 is 0 Å². The number of hydrogen-bond donors (Lipinski definition) is 1. The number of imidazole rings is 1. The lowest BCUT2D eigenvalue weighted by atomic mass is 10.1. The van der Waals surface area contributed by atoms with Gasteiger partial charge in [0.1, 0.15) is 5.82 Å². The molecule has 3 aromatic heterocycles. The third-order valence-corrected chi connectivity index (χ3v) is 5.74. The van der Waals surface area contributed by atoms with Gasteiger partial charge in [-0.2, -0.15) is 0 Å². The predicted octanol–water partition coefficient (Wildman–Crippen LogP) is 3.98. The average molecular weight is 305 g/mol. The van der Waals surface area contributed by atoms with Gasteiger partial charge < -0.3 is 9.88 Å². The van der Waals surface area contributed by atoms with Gasteiger partial charge in [0.25, 0.3) is 0 Å². The van der Waals surface area contributed by atoms with Crippen molar-refractivity contribution in [2.75, 3.05) is 6.54 Å². The van der Waals surface area contributed by atoms with Crippen molar-refractivity contribution in [3.05, 3.63) is 40.6 Å². The maximum atomic E-state index is 4.41. The summed E-state index contributed by atoms with van der Waals surface area (Å²) in [6.07, 6.45) is 5.98. The van der Waals surface area contributed by atoms with E-state index in [-0.39, 0.29) is 0 Å². The van der Waals surface area contributed by atoms with Gasteiger partial charge in [-0.1, -0.05) is 6.92 Å². The van der Waals surface area contributed by atoms with Crippen molar-refractivity contribution in [2.24, 2.45) is 7.05 Å². The minimum atomic E-state index is 0.432. The molecule has 0 aromatic carbocycles. The Bertz CT molecular complexity index is 651. The Labute approximate surface area is 127 Å². The number of aryl methyl sites for hydroxylation is 2. The van der Waals surface area contributed by atoms with E-state index in [0.717, 1.165) is 25.2 Å². The number of nitrogens with zero attached hydrogens (tertiary/aromatic N) is 2. The Kier molecular flexibility index (Phi) is 4.19. The number of fused-ring (bicyclic) bond motifs is 1. The fourth-order valence-corrected chi connectivity index (χ4v) is 4.69. The van der Waals surface area contributed by atoms with Crippen LogP contribution in [0.2, 0.25) is 0 Å². The molecule has 3 aromatic rings. The highest BCUT2D eigenvalue weighted by Crippen LogP contribution is 2.34. The lowest BCUT2D eigenvalue weighted by Gasteiger charge is -2.16. The largest absolute Gasteiger partial charge is 0.338 e. The van der Waals surface area contributed by atoms with Crippen LogP contribution in [0.4, 0.5) is 0 Å². The number of thiophene rings is 2. The van der Waals surface area contributed by atoms with Crippen LogP contribution in [-0.4, -0.2) is 16.1 Å². The first kappa shape index (κ1) is 13.8. The highest BCUT2D eigenvalue weighted by atomic mass is 32.1. The molecule has 0 aliphatic rings. The molecule has 1 unspecified atom stereocenters. The summed E-state index contributed by atoms with van der Waals surface area (Å²) >= 11 is 3.74. The van der Waals surface area contributed by atoms with Gasteiger partial charge in [-0.3, -0.25) is 0 Å². The number of hydrogen-bond acceptors (Lipinski definition) is 4. The summed E-state index contributed by atoms with van der Waals surface area (Å²) in [4.78, 5) is 5.86. The van der Waals surface area contributed by atoms with Crippen molar-refractivity contribution in [1.82, 2.24) is 14.9 Å². The molecule has 5 heteroatoms. The van der Waals surface area contributed by atoms with E-state index in [0.29, 0.717) is 6.04 Å². The predicted molar refractivity (Wildman–Crippen MR) is 87.6 cm³/mol. The van der Waals surface area contributed by atoms with Crippen LogP contribution in [0, 0.1) is 0 Å².